The molecular formula is C11H8ClN3O2. The van der Waals surface area contributed by atoms with Crippen molar-refractivity contribution in [2.75, 3.05) is 5.73 Å². The highest BCUT2D eigenvalue weighted by Crippen LogP contribution is 2.20. The largest absolute Gasteiger partial charge is 0.476 e. The van der Waals surface area contributed by atoms with Crippen LogP contribution in [-0.2, 0) is 0 Å². The lowest BCUT2D eigenvalue weighted by atomic mass is 10.1. The molecular weight excluding hydrogens is 242 g/mol. The van der Waals surface area contributed by atoms with Gasteiger partial charge in [0, 0.05) is 10.6 Å². The monoisotopic (exact) mass is 249 g/mol. The zero-order chi connectivity index (χ0) is 12.4. The molecule has 0 aliphatic rings. The van der Waals surface area contributed by atoms with Gasteiger partial charge < -0.3 is 10.8 Å². The van der Waals surface area contributed by atoms with Gasteiger partial charge in [0.25, 0.3) is 0 Å². The number of carbonyl (C=O) groups is 1. The molecule has 0 unspecified atom stereocenters. The summed E-state index contributed by atoms with van der Waals surface area (Å²) in [5.41, 5.74) is 6.33. The lowest BCUT2D eigenvalue weighted by Crippen LogP contribution is -2.08. The highest BCUT2D eigenvalue weighted by atomic mass is 35.5. The van der Waals surface area contributed by atoms with Gasteiger partial charge in [-0.1, -0.05) is 23.7 Å². The number of carboxylic acid groups (broad SMARTS) is 1. The van der Waals surface area contributed by atoms with Gasteiger partial charge in [0.15, 0.2) is 11.5 Å². The van der Waals surface area contributed by atoms with E-state index >= 15 is 0 Å². The molecule has 5 nitrogen and oxygen atoms in total. The van der Waals surface area contributed by atoms with Gasteiger partial charge in [0.1, 0.15) is 0 Å². The molecule has 3 N–H and O–H groups in total. The van der Waals surface area contributed by atoms with Crippen molar-refractivity contribution in [1.29, 1.82) is 0 Å². The van der Waals surface area contributed by atoms with E-state index in [0.717, 1.165) is 5.56 Å². The smallest absolute Gasteiger partial charge is 0.358 e. The van der Waals surface area contributed by atoms with Crippen LogP contribution in [0.2, 0.25) is 5.02 Å². The van der Waals surface area contributed by atoms with E-state index in [9.17, 15) is 4.79 Å². The minimum Gasteiger partial charge on any atom is -0.476 e. The molecule has 1 aromatic carbocycles. The van der Waals surface area contributed by atoms with Gasteiger partial charge >= 0.3 is 5.97 Å². The number of hydrogen-bond acceptors (Lipinski definition) is 4. The van der Waals surface area contributed by atoms with Crippen molar-refractivity contribution in [1.82, 2.24) is 9.97 Å². The average molecular weight is 250 g/mol. The number of benzene rings is 1. The number of nitrogen functional groups attached to an aromatic ring is 1. The first-order valence-electron chi connectivity index (χ1n) is 4.69. The third kappa shape index (κ3) is 2.34. The molecule has 0 atom stereocenters. The fourth-order valence-electron chi connectivity index (χ4n) is 1.32. The molecule has 0 saturated carbocycles. The number of aromatic nitrogens is 2. The summed E-state index contributed by atoms with van der Waals surface area (Å²) in [6.45, 7) is 0. The molecule has 0 radical (unpaired) electrons. The van der Waals surface area contributed by atoms with Crippen LogP contribution in [0.3, 0.4) is 0 Å². The SMILES string of the molecule is Nc1ncc(-c2ccc(Cl)cc2)nc1C(=O)O. The van der Waals surface area contributed by atoms with Gasteiger partial charge in [-0.25, -0.2) is 14.8 Å². The quantitative estimate of drug-likeness (QED) is 0.851. The fourth-order valence-corrected chi connectivity index (χ4v) is 1.44. The summed E-state index contributed by atoms with van der Waals surface area (Å²) in [6.07, 6.45) is 1.42. The number of hydrogen-bond donors (Lipinski definition) is 2. The van der Waals surface area contributed by atoms with E-state index in [4.69, 9.17) is 22.4 Å². The molecule has 0 spiro atoms. The Bertz CT molecular complexity index is 569. The molecule has 0 saturated heterocycles. The van der Waals surface area contributed by atoms with Crippen LogP contribution >= 0.6 is 11.6 Å². The molecule has 0 aliphatic carbocycles. The van der Waals surface area contributed by atoms with Crippen molar-refractivity contribution in [3.63, 3.8) is 0 Å². The topological polar surface area (TPSA) is 89.1 Å². The summed E-state index contributed by atoms with van der Waals surface area (Å²) in [5, 5.41) is 9.47. The molecule has 1 aromatic heterocycles. The highest BCUT2D eigenvalue weighted by Gasteiger charge is 2.12. The average Bonchev–Trinajstić information content (AvgIpc) is 2.30. The molecule has 0 amide bonds. The van der Waals surface area contributed by atoms with Gasteiger partial charge in [-0.3, -0.25) is 0 Å². The maximum absolute atomic E-state index is 10.9. The number of carboxylic acids is 1. The predicted octanol–water partition coefficient (Wildman–Crippen LogP) is 2.08. The van der Waals surface area contributed by atoms with Crippen molar-refractivity contribution in [2.45, 2.75) is 0 Å². The minimum absolute atomic E-state index is 0.102. The van der Waals surface area contributed by atoms with Crippen LogP contribution in [0, 0.1) is 0 Å². The number of nitrogens with two attached hydrogens (primary N) is 1. The summed E-state index contributed by atoms with van der Waals surface area (Å²) in [7, 11) is 0. The van der Waals surface area contributed by atoms with Crippen LogP contribution in [-0.4, -0.2) is 21.0 Å². The summed E-state index contributed by atoms with van der Waals surface area (Å²) in [4.78, 5) is 18.6. The maximum Gasteiger partial charge on any atom is 0.358 e. The molecule has 0 aliphatic heterocycles. The number of halogens is 1. The third-order valence-electron chi connectivity index (χ3n) is 2.14. The van der Waals surface area contributed by atoms with Gasteiger partial charge in [-0.2, -0.15) is 0 Å². The van der Waals surface area contributed by atoms with Crippen LogP contribution in [0.15, 0.2) is 30.5 Å². The van der Waals surface area contributed by atoms with E-state index in [1.807, 2.05) is 0 Å². The third-order valence-corrected chi connectivity index (χ3v) is 2.40. The van der Waals surface area contributed by atoms with Gasteiger partial charge in [-0.05, 0) is 12.1 Å². The molecule has 2 rings (SSSR count). The standard InChI is InChI=1S/C11H8ClN3O2/c12-7-3-1-6(2-4-7)8-5-14-10(13)9(15-8)11(16)17/h1-5H,(H2,13,14)(H,16,17). The number of aromatic carboxylic acids is 1. The summed E-state index contributed by atoms with van der Waals surface area (Å²) < 4.78 is 0. The molecule has 0 fully saturated rings. The second-order valence-corrected chi connectivity index (χ2v) is 3.74. The molecule has 17 heavy (non-hydrogen) atoms. The van der Waals surface area contributed by atoms with Crippen molar-refractivity contribution in [2.24, 2.45) is 0 Å². The first-order chi connectivity index (χ1) is 8.08. The first-order valence-corrected chi connectivity index (χ1v) is 5.07. The number of nitrogens with zero attached hydrogens (tertiary/aromatic N) is 2. The molecule has 0 bridgehead atoms. The fraction of sp³-hybridized carbons (Fsp3) is 0. The predicted molar refractivity (Wildman–Crippen MR) is 63.8 cm³/mol. The zero-order valence-electron chi connectivity index (χ0n) is 8.59. The Balaban J connectivity index is 2.50. The van der Waals surface area contributed by atoms with Crippen LogP contribution in [0.1, 0.15) is 10.5 Å². The van der Waals surface area contributed by atoms with Gasteiger partial charge in [-0.15, -0.1) is 0 Å². The Morgan fingerprint density at radius 3 is 2.53 bits per heavy atom. The maximum atomic E-state index is 10.9. The Kier molecular flexibility index (Phi) is 2.93. The van der Waals surface area contributed by atoms with Crippen LogP contribution in [0.5, 0.6) is 0 Å². The van der Waals surface area contributed by atoms with Crippen molar-refractivity contribution < 1.29 is 9.90 Å². The van der Waals surface area contributed by atoms with E-state index < -0.39 is 5.97 Å². The number of anilines is 1. The van der Waals surface area contributed by atoms with Crippen LogP contribution in [0.4, 0.5) is 5.82 Å². The highest BCUT2D eigenvalue weighted by molar-refractivity contribution is 6.30. The Morgan fingerprint density at radius 2 is 1.94 bits per heavy atom. The molecule has 1 heterocycles. The van der Waals surface area contributed by atoms with Crippen molar-refractivity contribution >= 4 is 23.4 Å². The first kappa shape index (κ1) is 11.3. The van der Waals surface area contributed by atoms with E-state index in [0.29, 0.717) is 10.7 Å². The van der Waals surface area contributed by atoms with E-state index in [1.165, 1.54) is 6.20 Å². The molecule has 6 heteroatoms. The Labute approximate surface area is 102 Å². The van der Waals surface area contributed by atoms with Crippen LogP contribution in [0.25, 0.3) is 11.3 Å². The summed E-state index contributed by atoms with van der Waals surface area (Å²) in [5.74, 6) is -1.30. The van der Waals surface area contributed by atoms with E-state index in [2.05, 4.69) is 9.97 Å². The lowest BCUT2D eigenvalue weighted by molar-refractivity contribution is 0.0691. The molecule has 86 valence electrons. The lowest BCUT2D eigenvalue weighted by Gasteiger charge is -2.03. The van der Waals surface area contributed by atoms with Crippen molar-refractivity contribution in [3.05, 3.63) is 41.2 Å². The van der Waals surface area contributed by atoms with Gasteiger partial charge in [0.05, 0.1) is 11.9 Å². The summed E-state index contributed by atoms with van der Waals surface area (Å²) >= 11 is 5.76. The normalized spacial score (nSPS) is 10.2. The van der Waals surface area contributed by atoms with E-state index in [-0.39, 0.29) is 11.5 Å². The summed E-state index contributed by atoms with van der Waals surface area (Å²) in [6, 6.07) is 6.84. The number of rotatable bonds is 2. The van der Waals surface area contributed by atoms with E-state index in [1.54, 1.807) is 24.3 Å². The Hall–Kier alpha value is -2.14. The van der Waals surface area contributed by atoms with Crippen LogP contribution < -0.4 is 5.73 Å². The molecule has 2 aromatic rings. The Morgan fingerprint density at radius 1 is 1.29 bits per heavy atom. The van der Waals surface area contributed by atoms with Gasteiger partial charge in [0.2, 0.25) is 0 Å². The van der Waals surface area contributed by atoms with Crippen molar-refractivity contribution in [3.8, 4) is 11.3 Å². The second-order valence-electron chi connectivity index (χ2n) is 3.30. The zero-order valence-corrected chi connectivity index (χ0v) is 9.35. The second kappa shape index (κ2) is 4.39. The minimum atomic E-state index is -1.20.